The first-order valence-corrected chi connectivity index (χ1v) is 7.41. The molecule has 0 spiro atoms. The van der Waals surface area contributed by atoms with Gasteiger partial charge in [0.1, 0.15) is 5.82 Å². The van der Waals surface area contributed by atoms with Crippen LogP contribution in [0.4, 0.5) is 0 Å². The Morgan fingerprint density at radius 3 is 2.05 bits per heavy atom. The van der Waals surface area contributed by atoms with Crippen LogP contribution >= 0.6 is 0 Å². The maximum atomic E-state index is 4.65. The van der Waals surface area contributed by atoms with E-state index in [1.807, 2.05) is 0 Å². The normalized spacial score (nSPS) is 11.9. The fourth-order valence-corrected chi connectivity index (χ4v) is 2.18. The van der Waals surface area contributed by atoms with Crippen molar-refractivity contribution in [3.63, 3.8) is 0 Å². The molecule has 0 atom stereocenters. The lowest BCUT2D eigenvalue weighted by Crippen LogP contribution is -2.37. The minimum absolute atomic E-state index is 0.170. The van der Waals surface area contributed by atoms with Crippen molar-refractivity contribution in [2.24, 2.45) is 0 Å². The highest BCUT2D eigenvalue weighted by Crippen LogP contribution is 2.12. The summed E-state index contributed by atoms with van der Waals surface area (Å²) in [6.45, 7) is 14.0. The average Bonchev–Trinajstić information content (AvgIpc) is 2.28. The predicted molar refractivity (Wildman–Crippen MR) is 81.6 cm³/mol. The largest absolute Gasteiger partial charge is 0.312 e. The smallest absolute Gasteiger partial charge is 0.128 e. The van der Waals surface area contributed by atoms with Crippen molar-refractivity contribution in [2.75, 3.05) is 6.54 Å². The first-order valence-electron chi connectivity index (χ1n) is 7.41. The van der Waals surface area contributed by atoms with E-state index in [4.69, 9.17) is 0 Å². The minimum atomic E-state index is 0.170. The average molecular weight is 263 g/mol. The summed E-state index contributed by atoms with van der Waals surface area (Å²) >= 11 is 0. The lowest BCUT2D eigenvalue weighted by atomic mass is 10.1. The Morgan fingerprint density at radius 2 is 1.58 bits per heavy atom. The summed E-state index contributed by atoms with van der Waals surface area (Å²) in [4.78, 5) is 9.30. The summed E-state index contributed by atoms with van der Waals surface area (Å²) in [6, 6.07) is 0. The van der Waals surface area contributed by atoms with Gasteiger partial charge >= 0.3 is 0 Å². The van der Waals surface area contributed by atoms with E-state index in [1.165, 1.54) is 18.4 Å². The van der Waals surface area contributed by atoms with Gasteiger partial charge in [-0.2, -0.15) is 0 Å². The van der Waals surface area contributed by atoms with Crippen molar-refractivity contribution in [3.05, 3.63) is 22.8 Å². The molecular formula is C16H29N3. The van der Waals surface area contributed by atoms with Crippen LogP contribution in [-0.4, -0.2) is 22.1 Å². The predicted octanol–water partition coefficient (Wildman–Crippen LogP) is 3.37. The third-order valence-corrected chi connectivity index (χ3v) is 3.25. The maximum Gasteiger partial charge on any atom is 0.128 e. The van der Waals surface area contributed by atoms with Crippen LogP contribution in [0.2, 0.25) is 0 Å². The van der Waals surface area contributed by atoms with E-state index >= 15 is 0 Å². The highest BCUT2D eigenvalue weighted by Gasteiger charge is 2.11. The second kappa shape index (κ2) is 6.99. The minimum Gasteiger partial charge on any atom is -0.312 e. The van der Waals surface area contributed by atoms with Crippen LogP contribution in [0.5, 0.6) is 0 Å². The highest BCUT2D eigenvalue weighted by molar-refractivity contribution is 5.24. The fourth-order valence-electron chi connectivity index (χ4n) is 2.18. The number of hydrogen-bond donors (Lipinski definition) is 1. The molecule has 0 aliphatic heterocycles. The molecular weight excluding hydrogens is 234 g/mol. The Balaban J connectivity index is 2.69. The number of aromatic nitrogens is 2. The summed E-state index contributed by atoms with van der Waals surface area (Å²) in [6.07, 6.45) is 4.37. The first-order chi connectivity index (χ1) is 8.83. The van der Waals surface area contributed by atoms with E-state index in [0.29, 0.717) is 0 Å². The summed E-state index contributed by atoms with van der Waals surface area (Å²) in [7, 11) is 0. The van der Waals surface area contributed by atoms with E-state index < -0.39 is 0 Å². The molecule has 0 saturated carbocycles. The molecule has 0 fully saturated rings. The number of unbranched alkanes of at least 4 members (excludes halogenated alkanes) is 1. The number of nitrogens with one attached hydrogen (secondary N) is 1. The molecule has 3 heteroatoms. The molecule has 1 heterocycles. The lowest BCUT2D eigenvalue weighted by molar-refractivity contribution is 0.429. The summed E-state index contributed by atoms with van der Waals surface area (Å²) in [5.74, 6) is 1.00. The summed E-state index contributed by atoms with van der Waals surface area (Å²) < 4.78 is 0. The second-order valence-corrected chi connectivity index (χ2v) is 6.32. The van der Waals surface area contributed by atoms with Gasteiger partial charge < -0.3 is 5.32 Å². The van der Waals surface area contributed by atoms with Gasteiger partial charge in [-0.25, -0.2) is 9.97 Å². The first kappa shape index (κ1) is 16.1. The van der Waals surface area contributed by atoms with E-state index in [0.717, 1.165) is 36.6 Å². The third kappa shape index (κ3) is 5.68. The molecule has 0 aliphatic carbocycles. The number of nitrogens with zero attached hydrogens (tertiary/aromatic N) is 2. The zero-order valence-electron chi connectivity index (χ0n) is 13.4. The molecule has 0 bridgehead atoms. The van der Waals surface area contributed by atoms with Gasteiger partial charge in [-0.1, -0.05) is 13.3 Å². The van der Waals surface area contributed by atoms with Gasteiger partial charge in [-0.05, 0) is 59.6 Å². The topological polar surface area (TPSA) is 37.8 Å². The van der Waals surface area contributed by atoms with Crippen LogP contribution in [0.25, 0.3) is 0 Å². The van der Waals surface area contributed by atoms with Gasteiger partial charge in [0.15, 0.2) is 0 Å². The molecule has 0 amide bonds. The number of hydrogen-bond acceptors (Lipinski definition) is 3. The van der Waals surface area contributed by atoms with Gasteiger partial charge in [-0.15, -0.1) is 0 Å². The van der Waals surface area contributed by atoms with Crippen LogP contribution in [0, 0.1) is 13.8 Å². The fraction of sp³-hybridized carbons (Fsp3) is 0.750. The van der Waals surface area contributed by atoms with Crippen molar-refractivity contribution in [1.82, 2.24) is 15.3 Å². The Labute approximate surface area is 118 Å². The Hall–Kier alpha value is -0.960. The standard InChI is InChI=1S/C16H29N3/c1-7-8-9-15-18-12(2)14(13(3)19-15)10-11-17-16(4,5)6/h17H,7-11H2,1-6H3. The quantitative estimate of drug-likeness (QED) is 0.855. The molecule has 108 valence electrons. The monoisotopic (exact) mass is 263 g/mol. The third-order valence-electron chi connectivity index (χ3n) is 3.25. The number of aryl methyl sites for hydroxylation is 3. The molecule has 1 aromatic heterocycles. The molecule has 0 unspecified atom stereocenters. The van der Waals surface area contributed by atoms with Gasteiger partial charge in [0.2, 0.25) is 0 Å². The molecule has 19 heavy (non-hydrogen) atoms. The van der Waals surface area contributed by atoms with Crippen LogP contribution in [-0.2, 0) is 12.8 Å². The number of rotatable bonds is 6. The Bertz CT molecular complexity index is 382. The van der Waals surface area contributed by atoms with Gasteiger partial charge in [0.05, 0.1) is 0 Å². The maximum absolute atomic E-state index is 4.65. The van der Waals surface area contributed by atoms with E-state index in [1.54, 1.807) is 0 Å². The SMILES string of the molecule is CCCCc1nc(C)c(CCNC(C)(C)C)c(C)n1. The van der Waals surface area contributed by atoms with E-state index in [2.05, 4.69) is 56.8 Å². The van der Waals surface area contributed by atoms with E-state index in [9.17, 15) is 0 Å². The zero-order valence-corrected chi connectivity index (χ0v) is 13.4. The van der Waals surface area contributed by atoms with Gasteiger partial charge in [-0.3, -0.25) is 0 Å². The molecule has 1 rings (SSSR count). The van der Waals surface area contributed by atoms with Crippen molar-refractivity contribution in [2.45, 2.75) is 72.8 Å². The molecule has 0 aromatic carbocycles. The summed E-state index contributed by atoms with van der Waals surface area (Å²) in [5.41, 5.74) is 3.77. The lowest BCUT2D eigenvalue weighted by Gasteiger charge is -2.21. The molecule has 3 nitrogen and oxygen atoms in total. The van der Waals surface area contributed by atoms with Gasteiger partial charge in [0.25, 0.3) is 0 Å². The zero-order chi connectivity index (χ0) is 14.5. The Kier molecular flexibility index (Phi) is 5.92. The van der Waals surface area contributed by atoms with Crippen molar-refractivity contribution in [3.8, 4) is 0 Å². The molecule has 1 aromatic rings. The van der Waals surface area contributed by atoms with Crippen LogP contribution in [0.15, 0.2) is 0 Å². The van der Waals surface area contributed by atoms with Crippen LogP contribution in [0.1, 0.15) is 63.3 Å². The molecule has 0 saturated heterocycles. The summed E-state index contributed by atoms with van der Waals surface area (Å²) in [5, 5.41) is 3.52. The van der Waals surface area contributed by atoms with Crippen molar-refractivity contribution in [1.29, 1.82) is 0 Å². The second-order valence-electron chi connectivity index (χ2n) is 6.32. The molecule has 1 N–H and O–H groups in total. The van der Waals surface area contributed by atoms with E-state index in [-0.39, 0.29) is 5.54 Å². The van der Waals surface area contributed by atoms with Gasteiger partial charge in [0, 0.05) is 23.3 Å². The Morgan fingerprint density at radius 1 is 1.00 bits per heavy atom. The van der Waals surface area contributed by atoms with Crippen LogP contribution < -0.4 is 5.32 Å². The molecule has 0 radical (unpaired) electrons. The molecule has 0 aliphatic rings. The van der Waals surface area contributed by atoms with Crippen molar-refractivity contribution < 1.29 is 0 Å². The van der Waals surface area contributed by atoms with Crippen LogP contribution in [0.3, 0.4) is 0 Å². The van der Waals surface area contributed by atoms with Crippen molar-refractivity contribution >= 4 is 0 Å². The highest BCUT2D eigenvalue weighted by atomic mass is 14.9.